The molecule has 1 heterocycles. The predicted octanol–water partition coefficient (Wildman–Crippen LogP) is 1.73. The van der Waals surface area contributed by atoms with Crippen LogP contribution in [0.25, 0.3) is 0 Å². The van der Waals surface area contributed by atoms with Gasteiger partial charge in [0.15, 0.2) is 0 Å². The Bertz CT molecular complexity index is 238. The van der Waals surface area contributed by atoms with Gasteiger partial charge in [-0.2, -0.15) is 0 Å². The van der Waals surface area contributed by atoms with Crippen molar-refractivity contribution < 1.29 is 4.79 Å². The molecule has 2 rings (SSSR count). The Kier molecular flexibility index (Phi) is 3.29. The van der Waals surface area contributed by atoms with Gasteiger partial charge < -0.3 is 4.90 Å². The second-order valence-electron chi connectivity index (χ2n) is 4.95. The van der Waals surface area contributed by atoms with Crippen molar-refractivity contribution in [2.75, 3.05) is 6.54 Å². The Morgan fingerprint density at radius 3 is 2.73 bits per heavy atom. The number of hydrogen-bond acceptors (Lipinski definition) is 2. The van der Waals surface area contributed by atoms with E-state index in [1.807, 2.05) is 4.90 Å². The first-order valence-electron chi connectivity index (χ1n) is 6.29. The minimum Gasteiger partial charge on any atom is -0.326 e. The molecule has 1 saturated carbocycles. The number of carbonyl (C=O) groups excluding carboxylic acids is 1. The zero-order chi connectivity index (χ0) is 10.8. The average molecular weight is 210 g/mol. The lowest BCUT2D eigenvalue weighted by Crippen LogP contribution is -2.35. The summed E-state index contributed by atoms with van der Waals surface area (Å²) in [5.74, 6) is 1.24. The van der Waals surface area contributed by atoms with Crippen molar-refractivity contribution in [2.24, 2.45) is 5.92 Å². The molecule has 3 heteroatoms. The van der Waals surface area contributed by atoms with Gasteiger partial charge in [-0.15, -0.1) is 0 Å². The van der Waals surface area contributed by atoms with Crippen LogP contribution in [0.3, 0.4) is 0 Å². The summed E-state index contributed by atoms with van der Waals surface area (Å²) in [6.07, 6.45) is 6.25. The van der Waals surface area contributed by atoms with Gasteiger partial charge in [-0.05, 0) is 25.7 Å². The quantitative estimate of drug-likeness (QED) is 0.749. The molecule has 15 heavy (non-hydrogen) atoms. The Morgan fingerprint density at radius 2 is 2.13 bits per heavy atom. The minimum atomic E-state index is 0.0872. The van der Waals surface area contributed by atoms with Crippen LogP contribution in [0.2, 0.25) is 0 Å². The maximum atomic E-state index is 12.0. The van der Waals surface area contributed by atoms with Gasteiger partial charge in [0.2, 0.25) is 5.91 Å². The summed E-state index contributed by atoms with van der Waals surface area (Å²) in [5.41, 5.74) is 0. The van der Waals surface area contributed by atoms with Gasteiger partial charge in [-0.25, -0.2) is 0 Å². The highest BCUT2D eigenvalue weighted by Crippen LogP contribution is 2.33. The molecule has 0 radical (unpaired) electrons. The molecular formula is C12H22N2O. The third-order valence-corrected chi connectivity index (χ3v) is 3.54. The SMILES string of the molecule is CCCC1NC(C)N(CCC2CC2)C1=O. The molecular weight excluding hydrogens is 188 g/mol. The fourth-order valence-electron chi connectivity index (χ4n) is 2.37. The van der Waals surface area contributed by atoms with Gasteiger partial charge in [0.1, 0.15) is 0 Å². The molecule has 2 unspecified atom stereocenters. The van der Waals surface area contributed by atoms with E-state index in [9.17, 15) is 4.79 Å². The molecule has 1 aliphatic carbocycles. The van der Waals surface area contributed by atoms with Crippen LogP contribution in [0.5, 0.6) is 0 Å². The minimum absolute atomic E-state index is 0.0872. The molecule has 1 aliphatic heterocycles. The summed E-state index contributed by atoms with van der Waals surface area (Å²) >= 11 is 0. The van der Waals surface area contributed by atoms with E-state index in [0.717, 1.165) is 25.3 Å². The average Bonchev–Trinajstić information content (AvgIpc) is 2.97. The zero-order valence-corrected chi connectivity index (χ0v) is 9.83. The van der Waals surface area contributed by atoms with Crippen molar-refractivity contribution in [1.82, 2.24) is 10.2 Å². The number of rotatable bonds is 5. The molecule has 2 atom stereocenters. The second kappa shape index (κ2) is 4.52. The summed E-state index contributed by atoms with van der Waals surface area (Å²) in [4.78, 5) is 14.0. The van der Waals surface area contributed by atoms with Crippen molar-refractivity contribution in [3.8, 4) is 0 Å². The second-order valence-corrected chi connectivity index (χ2v) is 4.95. The molecule has 0 spiro atoms. The lowest BCUT2D eigenvalue weighted by atomic mass is 10.1. The van der Waals surface area contributed by atoms with Gasteiger partial charge in [0.25, 0.3) is 0 Å². The van der Waals surface area contributed by atoms with Crippen LogP contribution in [0.4, 0.5) is 0 Å². The smallest absolute Gasteiger partial charge is 0.241 e. The molecule has 2 fully saturated rings. The number of amides is 1. The molecule has 1 saturated heterocycles. The Balaban J connectivity index is 1.83. The van der Waals surface area contributed by atoms with Gasteiger partial charge in [-0.3, -0.25) is 10.1 Å². The van der Waals surface area contributed by atoms with Gasteiger partial charge in [-0.1, -0.05) is 26.2 Å². The van der Waals surface area contributed by atoms with E-state index in [2.05, 4.69) is 19.2 Å². The van der Waals surface area contributed by atoms with E-state index < -0.39 is 0 Å². The number of nitrogens with one attached hydrogen (secondary N) is 1. The van der Waals surface area contributed by atoms with Crippen LogP contribution in [0.1, 0.15) is 46.0 Å². The van der Waals surface area contributed by atoms with Crippen LogP contribution in [-0.2, 0) is 4.79 Å². The Labute approximate surface area is 92.2 Å². The molecule has 1 N–H and O–H groups in total. The van der Waals surface area contributed by atoms with E-state index in [0.29, 0.717) is 5.91 Å². The monoisotopic (exact) mass is 210 g/mol. The van der Waals surface area contributed by atoms with Gasteiger partial charge in [0, 0.05) is 6.54 Å². The highest BCUT2D eigenvalue weighted by atomic mass is 16.2. The van der Waals surface area contributed by atoms with Crippen molar-refractivity contribution in [1.29, 1.82) is 0 Å². The van der Waals surface area contributed by atoms with Crippen LogP contribution in [0.15, 0.2) is 0 Å². The van der Waals surface area contributed by atoms with E-state index in [1.165, 1.54) is 19.3 Å². The van der Waals surface area contributed by atoms with Crippen LogP contribution >= 0.6 is 0 Å². The highest BCUT2D eigenvalue weighted by Gasteiger charge is 2.36. The standard InChI is InChI=1S/C12H22N2O/c1-3-4-11-12(15)14(9(2)13-11)8-7-10-5-6-10/h9-11,13H,3-8H2,1-2H3. The van der Waals surface area contributed by atoms with Crippen LogP contribution < -0.4 is 5.32 Å². The lowest BCUT2D eigenvalue weighted by molar-refractivity contribution is -0.130. The summed E-state index contributed by atoms with van der Waals surface area (Å²) in [6.45, 7) is 5.19. The van der Waals surface area contributed by atoms with Gasteiger partial charge >= 0.3 is 0 Å². The van der Waals surface area contributed by atoms with Crippen molar-refractivity contribution in [2.45, 2.75) is 58.2 Å². The fraction of sp³-hybridized carbons (Fsp3) is 0.917. The highest BCUT2D eigenvalue weighted by molar-refractivity contribution is 5.84. The molecule has 2 aliphatic rings. The normalized spacial score (nSPS) is 31.3. The maximum Gasteiger partial charge on any atom is 0.241 e. The molecule has 86 valence electrons. The van der Waals surface area contributed by atoms with Crippen molar-refractivity contribution in [3.63, 3.8) is 0 Å². The number of hydrogen-bond donors (Lipinski definition) is 1. The third-order valence-electron chi connectivity index (χ3n) is 3.54. The number of nitrogens with zero attached hydrogens (tertiary/aromatic N) is 1. The first-order valence-corrected chi connectivity index (χ1v) is 6.29. The van der Waals surface area contributed by atoms with Gasteiger partial charge in [0.05, 0.1) is 12.2 Å². The summed E-state index contributed by atoms with van der Waals surface area (Å²) in [6, 6.07) is 0.0872. The molecule has 0 aromatic heterocycles. The number of carbonyl (C=O) groups is 1. The molecule has 0 bridgehead atoms. The first kappa shape index (κ1) is 10.9. The van der Waals surface area contributed by atoms with E-state index in [1.54, 1.807) is 0 Å². The van der Waals surface area contributed by atoms with E-state index in [-0.39, 0.29) is 12.2 Å². The summed E-state index contributed by atoms with van der Waals surface area (Å²) in [5, 5.41) is 3.38. The zero-order valence-electron chi connectivity index (χ0n) is 9.83. The fourth-order valence-corrected chi connectivity index (χ4v) is 2.37. The third kappa shape index (κ3) is 2.51. The predicted molar refractivity (Wildman–Crippen MR) is 60.3 cm³/mol. The van der Waals surface area contributed by atoms with E-state index in [4.69, 9.17) is 0 Å². The Hall–Kier alpha value is -0.570. The topological polar surface area (TPSA) is 32.3 Å². The largest absolute Gasteiger partial charge is 0.326 e. The molecule has 0 aromatic carbocycles. The summed E-state index contributed by atoms with van der Waals surface area (Å²) in [7, 11) is 0. The first-order chi connectivity index (χ1) is 7.22. The van der Waals surface area contributed by atoms with Crippen molar-refractivity contribution >= 4 is 5.91 Å². The lowest BCUT2D eigenvalue weighted by Gasteiger charge is -2.20. The molecule has 3 nitrogen and oxygen atoms in total. The molecule has 1 amide bonds. The van der Waals surface area contributed by atoms with E-state index >= 15 is 0 Å². The molecule has 0 aromatic rings. The van der Waals surface area contributed by atoms with Crippen LogP contribution in [-0.4, -0.2) is 29.6 Å². The Morgan fingerprint density at radius 1 is 1.40 bits per heavy atom. The summed E-state index contributed by atoms with van der Waals surface area (Å²) < 4.78 is 0. The van der Waals surface area contributed by atoms with Crippen LogP contribution in [0, 0.1) is 5.92 Å². The maximum absolute atomic E-state index is 12.0. The van der Waals surface area contributed by atoms with Crippen molar-refractivity contribution in [3.05, 3.63) is 0 Å².